The molecule has 0 aromatic heterocycles. The molecule has 0 saturated carbocycles. The Bertz CT molecular complexity index is 536. The third-order valence-electron chi connectivity index (χ3n) is 4.76. The molecule has 0 spiro atoms. The summed E-state index contributed by atoms with van der Waals surface area (Å²) in [7, 11) is -5.05. The fourth-order valence-corrected chi connectivity index (χ4v) is 4.51. The van der Waals surface area contributed by atoms with E-state index in [1.807, 2.05) is 27.7 Å². The van der Waals surface area contributed by atoms with Crippen molar-refractivity contribution in [3.05, 3.63) is 0 Å². The van der Waals surface area contributed by atoms with Gasteiger partial charge in [-0.3, -0.25) is 14.1 Å². The second-order valence-electron chi connectivity index (χ2n) is 7.97. The molecule has 0 heterocycles. The minimum absolute atomic E-state index is 0.0898. The molecule has 0 aliphatic rings. The van der Waals surface area contributed by atoms with Crippen LogP contribution >= 0.6 is 0 Å². The lowest BCUT2D eigenvalue weighted by Gasteiger charge is -2.33. The molecule has 0 aromatic rings. The third kappa shape index (κ3) is 8.03. The van der Waals surface area contributed by atoms with Crippen LogP contribution in [0.25, 0.3) is 0 Å². The first-order valence-corrected chi connectivity index (χ1v) is 10.8. The lowest BCUT2D eigenvalue weighted by molar-refractivity contribution is -0.156. The van der Waals surface area contributed by atoms with Crippen LogP contribution in [0.2, 0.25) is 0 Å². The average Bonchev–Trinajstić information content (AvgIpc) is 2.44. The summed E-state index contributed by atoms with van der Waals surface area (Å²) in [4.78, 5) is 23.6. The van der Waals surface area contributed by atoms with E-state index in [1.165, 1.54) is 0 Å². The molecule has 154 valence electrons. The SMILES string of the molecule is CC(C)CCCCC(CCCCC(C)C)(C(=O)O)C(C(=O)O)S(=O)(=O)O. The molecule has 7 nitrogen and oxygen atoms in total. The molecule has 0 rings (SSSR count). The van der Waals surface area contributed by atoms with Crippen LogP contribution in [0.1, 0.15) is 79.1 Å². The quantitative estimate of drug-likeness (QED) is 0.301. The summed E-state index contributed by atoms with van der Waals surface area (Å²) in [5.74, 6) is -2.46. The van der Waals surface area contributed by atoms with Gasteiger partial charge in [0.1, 0.15) is 0 Å². The van der Waals surface area contributed by atoms with Crippen molar-refractivity contribution in [3.8, 4) is 0 Å². The molecule has 0 fully saturated rings. The van der Waals surface area contributed by atoms with Gasteiger partial charge in [-0.15, -0.1) is 0 Å². The molecular formula is C18H34O7S. The lowest BCUT2D eigenvalue weighted by atomic mass is 9.74. The van der Waals surface area contributed by atoms with Crippen LogP contribution in [0.3, 0.4) is 0 Å². The number of rotatable bonds is 14. The van der Waals surface area contributed by atoms with E-state index in [-0.39, 0.29) is 12.8 Å². The Labute approximate surface area is 156 Å². The van der Waals surface area contributed by atoms with Crippen LogP contribution in [-0.4, -0.2) is 40.4 Å². The van der Waals surface area contributed by atoms with Crippen molar-refractivity contribution < 1.29 is 32.8 Å². The first kappa shape index (κ1) is 24.8. The van der Waals surface area contributed by atoms with E-state index in [1.54, 1.807) is 0 Å². The maximum absolute atomic E-state index is 12.0. The van der Waals surface area contributed by atoms with Crippen molar-refractivity contribution in [1.29, 1.82) is 0 Å². The van der Waals surface area contributed by atoms with E-state index in [9.17, 15) is 32.8 Å². The summed E-state index contributed by atoms with van der Waals surface area (Å²) in [5.41, 5.74) is -2.02. The van der Waals surface area contributed by atoms with E-state index in [0.717, 1.165) is 12.8 Å². The topological polar surface area (TPSA) is 129 Å². The number of aliphatic carboxylic acids is 2. The number of unbranched alkanes of at least 4 members (excludes halogenated alkanes) is 2. The van der Waals surface area contributed by atoms with Crippen LogP contribution < -0.4 is 0 Å². The highest BCUT2D eigenvalue weighted by molar-refractivity contribution is 7.87. The summed E-state index contributed by atoms with van der Waals surface area (Å²) >= 11 is 0. The predicted octanol–water partition coefficient (Wildman–Crippen LogP) is 3.83. The van der Waals surface area contributed by atoms with Gasteiger partial charge in [0, 0.05) is 0 Å². The zero-order valence-corrected chi connectivity index (χ0v) is 17.1. The van der Waals surface area contributed by atoms with Gasteiger partial charge >= 0.3 is 11.9 Å². The van der Waals surface area contributed by atoms with Crippen molar-refractivity contribution in [1.82, 2.24) is 0 Å². The highest BCUT2D eigenvalue weighted by Crippen LogP contribution is 2.39. The van der Waals surface area contributed by atoms with Crippen molar-refractivity contribution in [2.45, 2.75) is 84.3 Å². The molecule has 0 aliphatic heterocycles. The first-order chi connectivity index (χ1) is 11.8. The maximum Gasteiger partial charge on any atom is 0.325 e. The fraction of sp³-hybridized carbons (Fsp3) is 0.889. The fourth-order valence-electron chi connectivity index (χ4n) is 3.35. The largest absolute Gasteiger partial charge is 0.481 e. The number of carbonyl (C=O) groups is 2. The molecule has 26 heavy (non-hydrogen) atoms. The molecule has 0 amide bonds. The Morgan fingerprint density at radius 1 is 0.846 bits per heavy atom. The van der Waals surface area contributed by atoms with Gasteiger partial charge in [0.15, 0.2) is 5.25 Å². The number of carboxylic acid groups (broad SMARTS) is 2. The highest BCUT2D eigenvalue weighted by Gasteiger charge is 2.55. The Morgan fingerprint density at radius 3 is 1.46 bits per heavy atom. The summed E-state index contributed by atoms with van der Waals surface area (Å²) in [6.07, 6.45) is 3.65. The monoisotopic (exact) mass is 394 g/mol. The first-order valence-electron chi connectivity index (χ1n) is 9.27. The molecule has 8 heteroatoms. The molecule has 1 atom stereocenters. The van der Waals surface area contributed by atoms with E-state index in [2.05, 4.69) is 0 Å². The van der Waals surface area contributed by atoms with Gasteiger partial charge in [-0.1, -0.05) is 66.2 Å². The van der Waals surface area contributed by atoms with Gasteiger partial charge in [-0.2, -0.15) is 8.42 Å². The zero-order chi connectivity index (χ0) is 20.5. The summed E-state index contributed by atoms with van der Waals surface area (Å²) in [6.45, 7) is 8.09. The average molecular weight is 395 g/mol. The van der Waals surface area contributed by atoms with E-state index in [4.69, 9.17) is 0 Å². The standard InChI is InChI=1S/C18H34O7S/c1-13(2)9-5-7-11-18(17(21)22,12-8-6-10-14(3)4)15(16(19)20)26(23,24)25/h13-15H,5-12H2,1-4H3,(H,19,20)(H,21,22)(H,23,24,25). The molecular weight excluding hydrogens is 360 g/mol. The van der Waals surface area contributed by atoms with Crippen molar-refractivity contribution >= 4 is 22.1 Å². The zero-order valence-electron chi connectivity index (χ0n) is 16.3. The summed E-state index contributed by atoms with van der Waals surface area (Å²) in [5, 5.41) is 16.8. The van der Waals surface area contributed by atoms with Crippen molar-refractivity contribution in [2.75, 3.05) is 0 Å². The third-order valence-corrected chi connectivity index (χ3v) is 6.01. The minimum atomic E-state index is -5.05. The van der Waals surface area contributed by atoms with Gasteiger partial charge in [0.05, 0.1) is 5.41 Å². The Balaban J connectivity index is 5.59. The molecule has 0 aliphatic carbocycles. The van der Waals surface area contributed by atoms with Crippen LogP contribution in [0.4, 0.5) is 0 Å². The molecule has 0 saturated heterocycles. The molecule has 0 radical (unpaired) electrons. The molecule has 1 unspecified atom stereocenters. The van der Waals surface area contributed by atoms with E-state index >= 15 is 0 Å². The molecule has 0 aromatic carbocycles. The maximum atomic E-state index is 12.0. The number of hydrogen-bond acceptors (Lipinski definition) is 4. The van der Waals surface area contributed by atoms with Gasteiger partial charge in [0.2, 0.25) is 0 Å². The second-order valence-corrected chi connectivity index (χ2v) is 9.48. The Hall–Kier alpha value is -1.15. The Kier molecular flexibility index (Phi) is 10.4. The van der Waals surface area contributed by atoms with Gasteiger partial charge in [0.25, 0.3) is 10.1 Å². The van der Waals surface area contributed by atoms with Crippen LogP contribution in [-0.2, 0) is 19.7 Å². The molecule has 3 N–H and O–H groups in total. The summed E-state index contributed by atoms with van der Waals surface area (Å²) in [6, 6.07) is 0. The van der Waals surface area contributed by atoms with Crippen molar-refractivity contribution in [2.24, 2.45) is 17.3 Å². The van der Waals surface area contributed by atoms with Crippen molar-refractivity contribution in [3.63, 3.8) is 0 Å². The van der Waals surface area contributed by atoms with Gasteiger partial charge in [-0.05, 0) is 24.7 Å². The highest BCUT2D eigenvalue weighted by atomic mass is 32.2. The molecule has 0 bridgehead atoms. The van der Waals surface area contributed by atoms with E-state index < -0.39 is 32.7 Å². The van der Waals surface area contributed by atoms with Gasteiger partial charge < -0.3 is 10.2 Å². The summed E-state index contributed by atoms with van der Waals surface area (Å²) < 4.78 is 32.9. The van der Waals surface area contributed by atoms with Gasteiger partial charge in [-0.25, -0.2) is 0 Å². The Morgan fingerprint density at radius 2 is 1.23 bits per heavy atom. The van der Waals surface area contributed by atoms with Crippen LogP contribution in [0.5, 0.6) is 0 Å². The van der Waals surface area contributed by atoms with Crippen LogP contribution in [0, 0.1) is 17.3 Å². The minimum Gasteiger partial charge on any atom is -0.481 e. The second kappa shape index (κ2) is 10.9. The van der Waals surface area contributed by atoms with E-state index in [0.29, 0.717) is 37.5 Å². The normalized spacial score (nSPS) is 14.0. The number of hydrogen-bond donors (Lipinski definition) is 3. The predicted molar refractivity (Wildman–Crippen MR) is 99.7 cm³/mol. The van der Waals surface area contributed by atoms with Crippen LogP contribution in [0.15, 0.2) is 0 Å². The number of carboxylic acids is 2. The lowest BCUT2D eigenvalue weighted by Crippen LogP contribution is -2.51. The smallest absolute Gasteiger partial charge is 0.325 e.